The van der Waals surface area contributed by atoms with Crippen molar-refractivity contribution in [2.24, 2.45) is 0 Å². The van der Waals surface area contributed by atoms with Gasteiger partial charge in [-0.05, 0) is 49.7 Å². The van der Waals surface area contributed by atoms with Crippen LogP contribution in [0.1, 0.15) is 35.3 Å². The molecule has 4 rings (SSSR count). The Bertz CT molecular complexity index is 1050. The molecule has 0 amide bonds. The standard InChI is InChI=1S/C22H21F5N2/c1-13-20-17-11-16(23)12-18(24)21(17)29(19(20)8-9-28(13)2)10-7-14-3-5-15(6-4-14)22(25,26)27/h3-6,11-13H,7-10H2,1-2H3. The molecule has 2 aromatic carbocycles. The fraction of sp³-hybridized carbons (Fsp3) is 0.364. The van der Waals surface area contributed by atoms with Gasteiger partial charge in [-0.25, -0.2) is 8.78 Å². The average molecular weight is 408 g/mol. The molecule has 1 aromatic heterocycles. The molecule has 0 radical (unpaired) electrons. The molecule has 1 atom stereocenters. The molecule has 0 aliphatic carbocycles. The van der Waals surface area contributed by atoms with Crippen LogP contribution >= 0.6 is 0 Å². The highest BCUT2D eigenvalue weighted by Crippen LogP contribution is 2.38. The fourth-order valence-corrected chi connectivity index (χ4v) is 4.26. The number of benzene rings is 2. The van der Waals surface area contributed by atoms with Gasteiger partial charge in [0.2, 0.25) is 0 Å². The highest BCUT2D eigenvalue weighted by atomic mass is 19.4. The Kier molecular flexibility index (Phi) is 4.89. The van der Waals surface area contributed by atoms with E-state index in [0.717, 1.165) is 41.6 Å². The van der Waals surface area contributed by atoms with Gasteiger partial charge in [0.15, 0.2) is 0 Å². The van der Waals surface area contributed by atoms with Crippen LogP contribution in [-0.4, -0.2) is 23.1 Å². The predicted octanol–water partition coefficient (Wildman–Crippen LogP) is 5.73. The van der Waals surface area contributed by atoms with Crippen LogP contribution in [0.2, 0.25) is 0 Å². The number of halogens is 5. The molecule has 0 bridgehead atoms. The minimum absolute atomic E-state index is 0.0229. The van der Waals surface area contributed by atoms with E-state index < -0.39 is 23.4 Å². The summed E-state index contributed by atoms with van der Waals surface area (Å²) in [6, 6.07) is 7.31. The summed E-state index contributed by atoms with van der Waals surface area (Å²) >= 11 is 0. The van der Waals surface area contributed by atoms with Crippen molar-refractivity contribution in [1.82, 2.24) is 9.47 Å². The minimum atomic E-state index is -4.37. The second-order valence-electron chi connectivity index (χ2n) is 7.65. The Morgan fingerprint density at radius 1 is 1.07 bits per heavy atom. The Balaban J connectivity index is 1.72. The van der Waals surface area contributed by atoms with Crippen LogP contribution in [0.5, 0.6) is 0 Å². The maximum atomic E-state index is 14.7. The monoisotopic (exact) mass is 408 g/mol. The average Bonchev–Trinajstić information content (AvgIpc) is 2.97. The highest BCUT2D eigenvalue weighted by molar-refractivity contribution is 5.87. The molecule has 1 aliphatic heterocycles. The van der Waals surface area contributed by atoms with Gasteiger partial charge in [0.05, 0.1) is 11.1 Å². The smallest absolute Gasteiger partial charge is 0.341 e. The molecule has 0 saturated heterocycles. The van der Waals surface area contributed by atoms with Crippen LogP contribution in [0, 0.1) is 11.6 Å². The molecule has 0 saturated carbocycles. The summed E-state index contributed by atoms with van der Waals surface area (Å²) in [6.45, 7) is 3.23. The number of rotatable bonds is 3. The molecule has 3 aromatic rings. The van der Waals surface area contributed by atoms with Gasteiger partial charge in [-0.1, -0.05) is 12.1 Å². The van der Waals surface area contributed by atoms with Crippen molar-refractivity contribution in [3.63, 3.8) is 0 Å². The number of likely N-dealkylation sites (N-methyl/N-ethyl adjacent to an activating group) is 1. The molecule has 1 aliphatic rings. The molecular weight excluding hydrogens is 387 g/mol. The molecular formula is C22H21F5N2. The van der Waals surface area contributed by atoms with E-state index in [1.165, 1.54) is 18.2 Å². The number of aromatic nitrogens is 1. The Hall–Kier alpha value is -2.41. The molecule has 2 nitrogen and oxygen atoms in total. The van der Waals surface area contributed by atoms with E-state index in [1.54, 1.807) is 0 Å². The second kappa shape index (κ2) is 7.13. The summed E-state index contributed by atoms with van der Waals surface area (Å²) in [5, 5.41) is 0.573. The van der Waals surface area contributed by atoms with Crippen LogP contribution in [-0.2, 0) is 25.6 Å². The molecule has 0 spiro atoms. The maximum absolute atomic E-state index is 14.7. The number of hydrogen-bond donors (Lipinski definition) is 0. The first kappa shape index (κ1) is 19.9. The summed E-state index contributed by atoms with van der Waals surface area (Å²) in [7, 11) is 1.98. The summed E-state index contributed by atoms with van der Waals surface area (Å²) < 4.78 is 68.8. The first-order valence-corrected chi connectivity index (χ1v) is 9.53. The van der Waals surface area contributed by atoms with Gasteiger partial charge in [-0.15, -0.1) is 0 Å². The zero-order valence-corrected chi connectivity index (χ0v) is 16.2. The first-order valence-electron chi connectivity index (χ1n) is 9.53. The van der Waals surface area contributed by atoms with E-state index in [0.29, 0.717) is 30.3 Å². The van der Waals surface area contributed by atoms with Gasteiger partial charge < -0.3 is 4.57 Å². The SMILES string of the molecule is CC1c2c(n(CCc3ccc(C(F)(F)F)cc3)c3c(F)cc(F)cc23)CCN1C. The molecule has 2 heterocycles. The van der Waals surface area contributed by atoms with Crippen LogP contribution in [0.25, 0.3) is 10.9 Å². The summed E-state index contributed by atoms with van der Waals surface area (Å²) in [5.41, 5.74) is 2.31. The third-order valence-corrected chi connectivity index (χ3v) is 5.91. The van der Waals surface area contributed by atoms with Crippen molar-refractivity contribution >= 4 is 10.9 Å². The second-order valence-corrected chi connectivity index (χ2v) is 7.65. The highest BCUT2D eigenvalue weighted by Gasteiger charge is 2.31. The van der Waals surface area contributed by atoms with Crippen LogP contribution < -0.4 is 0 Å². The number of aryl methyl sites for hydroxylation is 2. The fourth-order valence-electron chi connectivity index (χ4n) is 4.26. The lowest BCUT2D eigenvalue weighted by atomic mass is 9.97. The Morgan fingerprint density at radius 2 is 1.76 bits per heavy atom. The zero-order valence-electron chi connectivity index (χ0n) is 16.2. The number of hydrogen-bond acceptors (Lipinski definition) is 1. The third-order valence-electron chi connectivity index (χ3n) is 5.91. The van der Waals surface area contributed by atoms with Gasteiger partial charge in [-0.3, -0.25) is 4.90 Å². The summed E-state index contributed by atoms with van der Waals surface area (Å²) in [4.78, 5) is 2.14. The van der Waals surface area contributed by atoms with Gasteiger partial charge >= 0.3 is 6.18 Å². The topological polar surface area (TPSA) is 8.17 Å². The van der Waals surface area contributed by atoms with Crippen LogP contribution in [0.15, 0.2) is 36.4 Å². The number of nitrogens with zero attached hydrogens (tertiary/aromatic N) is 2. The lowest BCUT2D eigenvalue weighted by Crippen LogP contribution is -2.31. The normalized spacial score (nSPS) is 17.7. The number of fused-ring (bicyclic) bond motifs is 3. The Morgan fingerprint density at radius 3 is 2.41 bits per heavy atom. The molecule has 154 valence electrons. The quantitative estimate of drug-likeness (QED) is 0.503. The summed E-state index contributed by atoms with van der Waals surface area (Å²) in [5.74, 6) is -1.23. The van der Waals surface area contributed by atoms with Crippen molar-refractivity contribution in [2.45, 2.75) is 38.5 Å². The van der Waals surface area contributed by atoms with Crippen molar-refractivity contribution in [3.8, 4) is 0 Å². The minimum Gasteiger partial charge on any atom is -0.341 e. The maximum Gasteiger partial charge on any atom is 0.416 e. The first-order chi connectivity index (χ1) is 13.7. The lowest BCUT2D eigenvalue weighted by Gasteiger charge is -2.31. The third kappa shape index (κ3) is 3.52. The summed E-state index contributed by atoms with van der Waals surface area (Å²) in [6.07, 6.45) is -3.21. The van der Waals surface area contributed by atoms with E-state index >= 15 is 0 Å². The van der Waals surface area contributed by atoms with E-state index in [4.69, 9.17) is 0 Å². The van der Waals surface area contributed by atoms with Gasteiger partial charge in [0, 0.05) is 42.7 Å². The van der Waals surface area contributed by atoms with Gasteiger partial charge in [-0.2, -0.15) is 13.2 Å². The Labute approximate surface area is 165 Å². The molecule has 1 unspecified atom stereocenters. The van der Waals surface area contributed by atoms with E-state index in [-0.39, 0.29) is 6.04 Å². The van der Waals surface area contributed by atoms with Gasteiger partial charge in [0.1, 0.15) is 11.6 Å². The van der Waals surface area contributed by atoms with Crippen molar-refractivity contribution in [2.75, 3.05) is 13.6 Å². The van der Waals surface area contributed by atoms with Crippen molar-refractivity contribution < 1.29 is 22.0 Å². The zero-order chi connectivity index (χ0) is 20.9. The largest absolute Gasteiger partial charge is 0.416 e. The van der Waals surface area contributed by atoms with Crippen molar-refractivity contribution in [1.29, 1.82) is 0 Å². The molecule has 29 heavy (non-hydrogen) atoms. The van der Waals surface area contributed by atoms with Crippen LogP contribution in [0.4, 0.5) is 22.0 Å². The molecule has 7 heteroatoms. The van der Waals surface area contributed by atoms with E-state index in [9.17, 15) is 22.0 Å². The predicted molar refractivity (Wildman–Crippen MR) is 102 cm³/mol. The molecule has 0 N–H and O–H groups in total. The van der Waals surface area contributed by atoms with Crippen LogP contribution in [0.3, 0.4) is 0 Å². The van der Waals surface area contributed by atoms with E-state index in [1.807, 2.05) is 18.5 Å². The van der Waals surface area contributed by atoms with E-state index in [2.05, 4.69) is 4.90 Å². The van der Waals surface area contributed by atoms with Gasteiger partial charge in [0.25, 0.3) is 0 Å². The van der Waals surface area contributed by atoms with Crippen molar-refractivity contribution in [3.05, 3.63) is 70.4 Å². The lowest BCUT2D eigenvalue weighted by molar-refractivity contribution is -0.137. The molecule has 0 fully saturated rings. The number of alkyl halides is 3.